The summed E-state index contributed by atoms with van der Waals surface area (Å²) in [5, 5.41) is 87.2. The third kappa shape index (κ3) is 12.8. The van der Waals surface area contributed by atoms with Crippen LogP contribution in [0.4, 0.5) is 0 Å². The molecule has 2 aromatic rings. The molecule has 5 rings (SSSR count). The number of carbonyl (C=O) groups is 2. The molecule has 0 radical (unpaired) electrons. The first-order chi connectivity index (χ1) is 28.5. The highest BCUT2D eigenvalue weighted by atomic mass is 16.7. The van der Waals surface area contributed by atoms with Crippen molar-refractivity contribution in [3.63, 3.8) is 0 Å². The van der Waals surface area contributed by atoms with Crippen molar-refractivity contribution < 1.29 is 69.4 Å². The lowest BCUT2D eigenvalue weighted by molar-refractivity contribution is -0.330. The molecule has 20 nitrogen and oxygen atoms in total. The zero-order valence-electron chi connectivity index (χ0n) is 33.7. The molecule has 1 amide bonds. The average molecular weight is 851 g/mol. The Morgan fingerprint density at radius 2 is 1.63 bits per heavy atom. The number of carboxylic acids is 1. The first kappa shape index (κ1) is 49.1. The zero-order valence-corrected chi connectivity index (χ0v) is 33.7. The lowest BCUT2D eigenvalue weighted by Gasteiger charge is -2.49. The lowest BCUT2D eigenvalue weighted by Crippen LogP contribution is -2.70. The van der Waals surface area contributed by atoms with Gasteiger partial charge in [0.1, 0.15) is 60.5 Å². The van der Waals surface area contributed by atoms with Gasteiger partial charge in [-0.05, 0) is 56.9 Å². The summed E-state index contributed by atoms with van der Waals surface area (Å²) >= 11 is 0. The molecule has 3 heterocycles. The van der Waals surface area contributed by atoms with Gasteiger partial charge in [-0.15, -0.1) is 0 Å². The van der Waals surface area contributed by atoms with E-state index in [1.165, 1.54) is 14.0 Å². The van der Waals surface area contributed by atoms with Gasteiger partial charge in [0.05, 0.1) is 18.7 Å². The monoisotopic (exact) mass is 850 g/mol. The van der Waals surface area contributed by atoms with Gasteiger partial charge in [0.15, 0.2) is 12.6 Å². The predicted octanol–water partition coefficient (Wildman–Crippen LogP) is -3.37. The summed E-state index contributed by atoms with van der Waals surface area (Å²) in [5.41, 5.74) is 19.1. The molecule has 15 atom stereocenters. The minimum atomic E-state index is -1.72. The first-order valence-corrected chi connectivity index (χ1v) is 19.9. The van der Waals surface area contributed by atoms with Crippen molar-refractivity contribution in [2.24, 2.45) is 17.2 Å². The number of carbonyl (C=O) groups excluding carboxylic acids is 1. The van der Waals surface area contributed by atoms with E-state index in [1.807, 2.05) is 36.5 Å². The van der Waals surface area contributed by atoms with Crippen LogP contribution in [-0.4, -0.2) is 176 Å². The van der Waals surface area contributed by atoms with Crippen LogP contribution in [0.3, 0.4) is 0 Å². The molecule has 1 unspecified atom stereocenters. The number of allylic oxidation sites excluding steroid dienone is 1. The zero-order chi connectivity index (χ0) is 44.1. The van der Waals surface area contributed by atoms with E-state index in [9.17, 15) is 45.3 Å². The number of nitrogens with zero attached hydrogens (tertiary/aromatic N) is 1. The van der Waals surface area contributed by atoms with Crippen LogP contribution in [0.2, 0.25) is 0 Å². The Bertz CT molecular complexity index is 1600. The van der Waals surface area contributed by atoms with E-state index in [1.54, 1.807) is 6.20 Å². The number of pyridine rings is 1. The number of rotatable bonds is 16. The fourth-order valence-corrected chi connectivity index (χ4v) is 7.43. The van der Waals surface area contributed by atoms with Crippen molar-refractivity contribution in [3.8, 4) is 0 Å². The fraction of sp³-hybridized carbons (Fsp3) is 0.625. The number of aliphatic hydroxyl groups is 7. The fourth-order valence-electron chi connectivity index (χ4n) is 7.43. The van der Waals surface area contributed by atoms with Crippen LogP contribution < -0.4 is 27.8 Å². The largest absolute Gasteiger partial charge is 0.481 e. The summed E-state index contributed by atoms with van der Waals surface area (Å²) in [6.07, 6.45) is -7.77. The molecule has 0 bridgehead atoms. The number of aliphatic hydroxyl groups excluding tert-OH is 6. The van der Waals surface area contributed by atoms with Crippen LogP contribution in [-0.2, 0) is 28.5 Å². The topological polar surface area (TPSA) is 348 Å². The quantitative estimate of drug-likeness (QED) is 0.0733. The summed E-state index contributed by atoms with van der Waals surface area (Å²) in [7, 11) is 1.52. The summed E-state index contributed by atoms with van der Waals surface area (Å²) in [4.78, 5) is 27.1. The average Bonchev–Trinajstić information content (AvgIpc) is 3.23. The highest BCUT2D eigenvalue weighted by molar-refractivity contribution is 5.81. The Morgan fingerprint density at radius 1 is 0.950 bits per heavy atom. The Morgan fingerprint density at radius 3 is 2.25 bits per heavy atom. The maximum Gasteiger partial charge on any atom is 0.303 e. The minimum absolute atomic E-state index is 0.0836. The van der Waals surface area contributed by atoms with Crippen molar-refractivity contribution in [2.75, 3.05) is 26.7 Å². The first-order valence-electron chi connectivity index (χ1n) is 19.9. The molecule has 16 N–H and O–H groups in total. The Kier molecular flexibility index (Phi) is 18.9. The Balaban J connectivity index is 0.000000317. The standard InChI is InChI=1S/C22H43N5O12.C18H19NO2/c1-22(35)6-36-20(15(33)18(22)26-2)39-17-8(27-19(34)9(28)4-23)3-7(25)16(14(17)32)38-21-13(31)12(30)11(29)10(5-24)37-21;20-18(21)12-6-2-5-11-17(15-8-3-1-4-9-15)16-10-7-13-19-14-16/h7-18,20-21,26,28-33,35H,3-6,23-25H2,1-2H3,(H,27,34);1,3-4,7-11,13-14H,2,5-6,12H2,(H,20,21)/b;17-11+/t7-,8+,9?,10+,11+,12-,13+,14-,15+,16+,17-,18+,20+,21+,22-;/m0./s1. The number of carboxylic acid groups (broad SMARTS) is 1. The summed E-state index contributed by atoms with van der Waals surface area (Å²) in [6, 6.07) is 11.2. The van der Waals surface area contributed by atoms with Gasteiger partial charge in [-0.3, -0.25) is 14.6 Å². The van der Waals surface area contributed by atoms with Crippen molar-refractivity contribution in [2.45, 2.75) is 130 Å². The summed E-state index contributed by atoms with van der Waals surface area (Å²) in [6.45, 7) is 0.634. The number of nitrogens with one attached hydrogen (secondary N) is 2. The number of ether oxygens (including phenoxy) is 4. The molecule has 2 aliphatic heterocycles. The molecule has 1 saturated carbocycles. The molecule has 1 aromatic carbocycles. The third-order valence-electron chi connectivity index (χ3n) is 10.7. The van der Waals surface area contributed by atoms with E-state index < -0.39 is 103 Å². The Labute approximate surface area is 348 Å². The molecular weight excluding hydrogens is 788 g/mol. The van der Waals surface area contributed by atoms with Crippen LogP contribution in [0.1, 0.15) is 50.2 Å². The molecule has 336 valence electrons. The maximum atomic E-state index is 12.4. The number of likely N-dealkylation sites (N-methyl/N-ethyl adjacent to an activating group) is 1. The second-order valence-electron chi connectivity index (χ2n) is 15.4. The van der Waals surface area contributed by atoms with E-state index >= 15 is 0 Å². The van der Waals surface area contributed by atoms with Crippen LogP contribution in [0.5, 0.6) is 0 Å². The van der Waals surface area contributed by atoms with E-state index in [0.717, 1.165) is 29.5 Å². The molecule has 3 aliphatic rings. The molecule has 2 saturated heterocycles. The molecule has 60 heavy (non-hydrogen) atoms. The maximum absolute atomic E-state index is 12.4. The van der Waals surface area contributed by atoms with Crippen molar-refractivity contribution >= 4 is 17.4 Å². The van der Waals surface area contributed by atoms with Crippen molar-refractivity contribution in [1.82, 2.24) is 15.6 Å². The SMILES string of the molecule is CN[C@@H]1[C@@H](O)[C@@H](O[C@@H]2[C@@H](O)[C@H](O[C@H]3O[C@H](CN)[C@@H](O)[C@H](O)[C@H]3O)[C@@H](N)C[C@H]2NC(=O)C(O)CN)OC[C@]1(C)O.O=C(O)CCCC/C=C(\c1ccccc1)c1cccnc1. The van der Waals surface area contributed by atoms with Gasteiger partial charge >= 0.3 is 5.97 Å². The van der Waals surface area contributed by atoms with Gasteiger partial charge in [-0.1, -0.05) is 42.5 Å². The van der Waals surface area contributed by atoms with E-state index in [-0.39, 0.29) is 32.5 Å². The van der Waals surface area contributed by atoms with Gasteiger partial charge in [-0.2, -0.15) is 0 Å². The second-order valence-corrected chi connectivity index (χ2v) is 15.4. The number of amides is 1. The van der Waals surface area contributed by atoms with Crippen LogP contribution in [0.15, 0.2) is 60.9 Å². The molecule has 1 aromatic heterocycles. The van der Waals surface area contributed by atoms with Gasteiger partial charge in [0, 0.05) is 43.5 Å². The lowest BCUT2D eigenvalue weighted by atomic mass is 9.83. The van der Waals surface area contributed by atoms with E-state index in [2.05, 4.69) is 33.8 Å². The Hall–Kier alpha value is -3.55. The van der Waals surface area contributed by atoms with Crippen LogP contribution >= 0.6 is 0 Å². The molecule has 1 aliphatic carbocycles. The highest BCUT2D eigenvalue weighted by Gasteiger charge is 2.53. The van der Waals surface area contributed by atoms with Crippen LogP contribution in [0, 0.1) is 0 Å². The number of aliphatic carboxylic acids is 1. The van der Waals surface area contributed by atoms with Gasteiger partial charge < -0.3 is 87.6 Å². The smallest absolute Gasteiger partial charge is 0.303 e. The van der Waals surface area contributed by atoms with E-state index in [0.29, 0.717) is 6.42 Å². The molecule has 3 fully saturated rings. The number of nitrogens with two attached hydrogens (primary N) is 3. The number of unbranched alkanes of at least 4 members (excludes halogenated alkanes) is 2. The van der Waals surface area contributed by atoms with Crippen molar-refractivity contribution in [1.29, 1.82) is 0 Å². The van der Waals surface area contributed by atoms with E-state index in [4.69, 9.17) is 41.3 Å². The number of benzene rings is 1. The minimum Gasteiger partial charge on any atom is -0.481 e. The normalized spacial score (nSPS) is 35.1. The van der Waals surface area contributed by atoms with Crippen molar-refractivity contribution in [3.05, 3.63) is 72.1 Å². The van der Waals surface area contributed by atoms with Gasteiger partial charge in [0.25, 0.3) is 0 Å². The number of hydrogen-bond donors (Lipinski definition) is 13. The van der Waals surface area contributed by atoms with Gasteiger partial charge in [0.2, 0.25) is 5.91 Å². The highest BCUT2D eigenvalue weighted by Crippen LogP contribution is 2.33. The number of aromatic nitrogens is 1. The number of hydrogen-bond acceptors (Lipinski definition) is 18. The van der Waals surface area contributed by atoms with Crippen LogP contribution in [0.25, 0.3) is 5.57 Å². The molecular formula is C40H62N6O14. The third-order valence-corrected chi connectivity index (χ3v) is 10.7. The summed E-state index contributed by atoms with van der Waals surface area (Å²) < 4.78 is 22.7. The van der Waals surface area contributed by atoms with Gasteiger partial charge in [-0.25, -0.2) is 0 Å². The molecule has 20 heteroatoms. The molecule has 0 spiro atoms. The predicted molar refractivity (Wildman–Crippen MR) is 214 cm³/mol. The summed E-state index contributed by atoms with van der Waals surface area (Å²) in [5.74, 6) is -1.58. The second kappa shape index (κ2) is 23.1.